The Morgan fingerprint density at radius 2 is 0.933 bits per heavy atom. The second-order valence-corrected chi connectivity index (χ2v) is 18.3. The Kier molecular flexibility index (Phi) is 39.8. The quantitative estimate of drug-likeness (QED) is 0.0262. The van der Waals surface area contributed by atoms with Gasteiger partial charge in [0.25, 0.3) is 0 Å². The van der Waals surface area contributed by atoms with Crippen LogP contribution in [0.2, 0.25) is 0 Å². The predicted octanol–water partition coefficient (Wildman–Crippen LogP) is 11.7. The van der Waals surface area contributed by atoms with Crippen molar-refractivity contribution >= 4 is 5.91 Å². The van der Waals surface area contributed by atoms with E-state index in [1.165, 1.54) is 173 Å². The van der Waals surface area contributed by atoms with Gasteiger partial charge in [-0.2, -0.15) is 0 Å². The molecule has 1 heterocycles. The Bertz CT molecular complexity index is 950. The number of nitrogens with one attached hydrogen (secondary N) is 1. The van der Waals surface area contributed by atoms with Gasteiger partial charge in [0.1, 0.15) is 24.4 Å². The third kappa shape index (κ3) is 31.7. The Balaban J connectivity index is 2.26. The van der Waals surface area contributed by atoms with Crippen LogP contribution >= 0.6 is 0 Å². The number of amides is 1. The molecule has 7 atom stereocenters. The van der Waals surface area contributed by atoms with E-state index in [1.807, 2.05) is 0 Å². The largest absolute Gasteiger partial charge is 0.394 e. The first kappa shape index (κ1) is 56.9. The second kappa shape index (κ2) is 41.9. The molecule has 0 spiro atoms. The van der Waals surface area contributed by atoms with Gasteiger partial charge < -0.3 is 40.3 Å². The van der Waals surface area contributed by atoms with Crippen molar-refractivity contribution in [2.75, 3.05) is 13.2 Å². The highest BCUT2D eigenvalue weighted by Gasteiger charge is 2.44. The van der Waals surface area contributed by atoms with Gasteiger partial charge in [0.15, 0.2) is 6.29 Å². The fourth-order valence-electron chi connectivity index (χ4n) is 8.45. The van der Waals surface area contributed by atoms with Crippen molar-refractivity contribution in [3.05, 3.63) is 12.2 Å². The van der Waals surface area contributed by atoms with Crippen molar-refractivity contribution in [3.8, 4) is 0 Å². The Morgan fingerprint density at radius 1 is 0.550 bits per heavy atom. The number of carbonyl (C=O) groups is 1. The molecule has 356 valence electrons. The lowest BCUT2D eigenvalue weighted by molar-refractivity contribution is -0.302. The Hall–Kier alpha value is -1.07. The molecule has 0 aromatic carbocycles. The molecule has 60 heavy (non-hydrogen) atoms. The fourth-order valence-corrected chi connectivity index (χ4v) is 8.45. The molecule has 0 aromatic heterocycles. The van der Waals surface area contributed by atoms with Crippen LogP contribution in [-0.4, -0.2) is 87.5 Å². The number of rotatable bonds is 44. The van der Waals surface area contributed by atoms with E-state index in [0.29, 0.717) is 12.8 Å². The number of aliphatic hydroxyl groups is 5. The molecule has 1 amide bonds. The van der Waals surface area contributed by atoms with Crippen molar-refractivity contribution in [1.82, 2.24) is 5.32 Å². The van der Waals surface area contributed by atoms with Crippen molar-refractivity contribution in [1.29, 1.82) is 0 Å². The van der Waals surface area contributed by atoms with Crippen LogP contribution in [0, 0.1) is 0 Å². The molecule has 1 rings (SSSR count). The summed E-state index contributed by atoms with van der Waals surface area (Å²) in [5.74, 6) is -0.149. The molecule has 0 aliphatic carbocycles. The van der Waals surface area contributed by atoms with Gasteiger partial charge in [-0.3, -0.25) is 4.79 Å². The lowest BCUT2D eigenvalue weighted by atomic mass is 9.99. The van der Waals surface area contributed by atoms with Crippen LogP contribution in [0.5, 0.6) is 0 Å². The van der Waals surface area contributed by atoms with Crippen LogP contribution in [0.25, 0.3) is 0 Å². The first-order chi connectivity index (χ1) is 29.3. The van der Waals surface area contributed by atoms with Crippen LogP contribution in [0.3, 0.4) is 0 Å². The molecule has 7 unspecified atom stereocenters. The average Bonchev–Trinajstić information content (AvgIpc) is 3.25. The summed E-state index contributed by atoms with van der Waals surface area (Å²) in [6.07, 6.45) is 42.2. The summed E-state index contributed by atoms with van der Waals surface area (Å²) in [4.78, 5) is 13.0. The molecule has 1 fully saturated rings. The number of ether oxygens (including phenoxy) is 2. The van der Waals surface area contributed by atoms with E-state index in [9.17, 15) is 30.3 Å². The average molecular weight is 854 g/mol. The highest BCUT2D eigenvalue weighted by Crippen LogP contribution is 2.23. The molecule has 0 radical (unpaired) electrons. The summed E-state index contributed by atoms with van der Waals surface area (Å²) < 4.78 is 11.3. The fraction of sp³-hybridized carbons (Fsp3) is 0.941. The van der Waals surface area contributed by atoms with Gasteiger partial charge in [0, 0.05) is 6.42 Å². The zero-order chi connectivity index (χ0) is 43.7. The highest BCUT2D eigenvalue weighted by atomic mass is 16.7. The van der Waals surface area contributed by atoms with Crippen molar-refractivity contribution in [3.63, 3.8) is 0 Å². The molecule has 1 aliphatic rings. The minimum atomic E-state index is -1.55. The zero-order valence-corrected chi connectivity index (χ0v) is 39.2. The molecule has 0 bridgehead atoms. The SMILES string of the molecule is CCCCCCCCC/C=C\CCCCCCCC(=O)NC(COC1OC(CO)C(O)C(O)C1O)C(O)CCCCCCCCCCCCCCCCCCCCCCC. The first-order valence-electron chi connectivity index (χ1n) is 25.9. The minimum Gasteiger partial charge on any atom is -0.394 e. The summed E-state index contributed by atoms with van der Waals surface area (Å²) in [5.41, 5.74) is 0. The summed E-state index contributed by atoms with van der Waals surface area (Å²) >= 11 is 0. The summed E-state index contributed by atoms with van der Waals surface area (Å²) in [6, 6.07) is -0.720. The maximum absolute atomic E-state index is 13.0. The van der Waals surface area contributed by atoms with E-state index in [4.69, 9.17) is 9.47 Å². The van der Waals surface area contributed by atoms with Gasteiger partial charge in [-0.05, 0) is 38.5 Å². The number of hydrogen-bond acceptors (Lipinski definition) is 8. The Morgan fingerprint density at radius 3 is 1.35 bits per heavy atom. The standard InChI is InChI=1S/C51H99NO8/c1-3-5-7-9-11-13-15-17-19-21-22-23-24-25-26-28-30-32-34-36-38-40-45(54)44(43-59-51-50(58)49(57)48(56)46(42-53)60-51)52-47(55)41-39-37-35-33-31-29-27-20-18-16-14-12-10-8-6-4-2/h20,27,44-46,48-51,53-54,56-58H,3-19,21-26,28-43H2,1-2H3,(H,52,55)/b27-20-. The van der Waals surface area contributed by atoms with Crippen LogP contribution in [0.15, 0.2) is 12.2 Å². The number of hydrogen-bond donors (Lipinski definition) is 6. The molecular formula is C51H99NO8. The van der Waals surface area contributed by atoms with Gasteiger partial charge in [-0.25, -0.2) is 0 Å². The molecular weight excluding hydrogens is 755 g/mol. The monoisotopic (exact) mass is 854 g/mol. The maximum Gasteiger partial charge on any atom is 0.220 e. The second-order valence-electron chi connectivity index (χ2n) is 18.3. The van der Waals surface area contributed by atoms with E-state index >= 15 is 0 Å². The first-order valence-corrected chi connectivity index (χ1v) is 25.9. The van der Waals surface area contributed by atoms with Crippen molar-refractivity contribution in [2.45, 2.75) is 294 Å². The normalized spacial score (nSPS) is 20.6. The van der Waals surface area contributed by atoms with Gasteiger partial charge >= 0.3 is 0 Å². The van der Waals surface area contributed by atoms with E-state index in [0.717, 1.165) is 51.4 Å². The molecule has 1 saturated heterocycles. The molecule has 0 aromatic rings. The van der Waals surface area contributed by atoms with Gasteiger partial charge in [-0.1, -0.05) is 219 Å². The lowest BCUT2D eigenvalue weighted by Gasteiger charge is -2.40. The van der Waals surface area contributed by atoms with Gasteiger partial charge in [0.2, 0.25) is 5.91 Å². The lowest BCUT2D eigenvalue weighted by Crippen LogP contribution is -2.60. The number of allylic oxidation sites excluding steroid dienone is 2. The number of unbranched alkanes of at least 4 members (excludes halogenated alkanes) is 32. The summed E-state index contributed by atoms with van der Waals surface area (Å²) in [6.45, 7) is 3.85. The predicted molar refractivity (Wildman–Crippen MR) is 249 cm³/mol. The van der Waals surface area contributed by atoms with Crippen LogP contribution in [0.1, 0.15) is 251 Å². The minimum absolute atomic E-state index is 0.138. The molecule has 1 aliphatic heterocycles. The smallest absolute Gasteiger partial charge is 0.220 e. The third-order valence-corrected chi connectivity index (χ3v) is 12.6. The summed E-state index contributed by atoms with van der Waals surface area (Å²) in [5, 5.41) is 54.5. The van der Waals surface area contributed by atoms with Crippen LogP contribution in [0.4, 0.5) is 0 Å². The number of carbonyl (C=O) groups excluding carboxylic acids is 1. The number of aliphatic hydroxyl groups excluding tert-OH is 5. The molecule has 6 N–H and O–H groups in total. The van der Waals surface area contributed by atoms with E-state index < -0.39 is 49.5 Å². The summed E-state index contributed by atoms with van der Waals surface area (Å²) in [7, 11) is 0. The third-order valence-electron chi connectivity index (χ3n) is 12.6. The van der Waals surface area contributed by atoms with Crippen molar-refractivity contribution < 1.29 is 39.8 Å². The van der Waals surface area contributed by atoms with E-state index in [-0.39, 0.29) is 12.5 Å². The molecule has 9 nitrogen and oxygen atoms in total. The van der Waals surface area contributed by atoms with E-state index in [2.05, 4.69) is 31.3 Å². The topological polar surface area (TPSA) is 149 Å². The highest BCUT2D eigenvalue weighted by molar-refractivity contribution is 5.76. The van der Waals surface area contributed by atoms with Crippen LogP contribution < -0.4 is 5.32 Å². The van der Waals surface area contributed by atoms with E-state index in [1.54, 1.807) is 0 Å². The molecule has 9 heteroatoms. The van der Waals surface area contributed by atoms with Gasteiger partial charge in [-0.15, -0.1) is 0 Å². The Labute approximate surface area is 369 Å². The van der Waals surface area contributed by atoms with Crippen LogP contribution in [-0.2, 0) is 14.3 Å². The van der Waals surface area contributed by atoms with Crippen molar-refractivity contribution in [2.24, 2.45) is 0 Å². The van der Waals surface area contributed by atoms with Gasteiger partial charge in [0.05, 0.1) is 25.4 Å². The zero-order valence-electron chi connectivity index (χ0n) is 39.2. The molecule has 0 saturated carbocycles. The maximum atomic E-state index is 13.0.